The van der Waals surface area contributed by atoms with Gasteiger partial charge in [-0.3, -0.25) is 0 Å². The summed E-state index contributed by atoms with van der Waals surface area (Å²) in [5.41, 5.74) is 3.02. The van der Waals surface area contributed by atoms with Crippen LogP contribution in [0.4, 0.5) is 8.78 Å². The zero-order valence-electron chi connectivity index (χ0n) is 10.3. The van der Waals surface area contributed by atoms with Gasteiger partial charge < -0.3 is 0 Å². The van der Waals surface area contributed by atoms with Crippen molar-refractivity contribution in [3.63, 3.8) is 0 Å². The van der Waals surface area contributed by atoms with Crippen molar-refractivity contribution in [2.24, 2.45) is 0 Å². The monoisotopic (exact) mass is 388 g/mol. The third-order valence-corrected chi connectivity index (χ3v) is 4.14. The first-order valence-corrected chi connectivity index (χ1v) is 7.51. The minimum atomic E-state index is -0.812. The van der Waals surface area contributed by atoms with Gasteiger partial charge >= 0.3 is 0 Å². The van der Waals surface area contributed by atoms with E-state index in [2.05, 4.69) is 37.9 Å². The SMILES string of the molecule is Cc1cc(Br)cc(C(Br)Cc2ccc(F)c(F)c2)c1. The van der Waals surface area contributed by atoms with E-state index in [1.54, 1.807) is 6.07 Å². The van der Waals surface area contributed by atoms with E-state index in [0.717, 1.165) is 27.2 Å². The lowest BCUT2D eigenvalue weighted by molar-refractivity contribution is 0.507. The number of hydrogen-bond donors (Lipinski definition) is 0. The number of alkyl halides is 1. The average molecular weight is 390 g/mol. The minimum Gasteiger partial charge on any atom is -0.204 e. The molecule has 4 heteroatoms. The third-order valence-electron chi connectivity index (χ3n) is 2.83. The van der Waals surface area contributed by atoms with Crippen LogP contribution >= 0.6 is 31.9 Å². The number of halogens is 4. The fourth-order valence-corrected chi connectivity index (χ4v) is 3.20. The Morgan fingerprint density at radius 1 is 1.05 bits per heavy atom. The van der Waals surface area contributed by atoms with E-state index in [4.69, 9.17) is 0 Å². The fraction of sp³-hybridized carbons (Fsp3) is 0.200. The van der Waals surface area contributed by atoms with Gasteiger partial charge in [-0.15, -0.1) is 0 Å². The van der Waals surface area contributed by atoms with Gasteiger partial charge in [0.15, 0.2) is 11.6 Å². The van der Waals surface area contributed by atoms with E-state index in [-0.39, 0.29) is 4.83 Å². The Balaban J connectivity index is 2.20. The molecule has 0 radical (unpaired) electrons. The number of rotatable bonds is 3. The zero-order valence-corrected chi connectivity index (χ0v) is 13.4. The van der Waals surface area contributed by atoms with E-state index >= 15 is 0 Å². The maximum absolute atomic E-state index is 13.2. The van der Waals surface area contributed by atoms with Gasteiger partial charge in [-0.2, -0.15) is 0 Å². The molecular formula is C15H12Br2F2. The second kappa shape index (κ2) is 6.14. The molecule has 0 N–H and O–H groups in total. The molecule has 0 aliphatic heterocycles. The van der Waals surface area contributed by atoms with E-state index in [1.807, 2.05) is 19.1 Å². The normalized spacial score (nSPS) is 12.5. The van der Waals surface area contributed by atoms with Crippen molar-refractivity contribution in [3.05, 3.63) is 69.2 Å². The van der Waals surface area contributed by atoms with Crippen molar-refractivity contribution < 1.29 is 8.78 Å². The molecule has 0 heterocycles. The van der Waals surface area contributed by atoms with Gasteiger partial charge in [0.05, 0.1) is 0 Å². The molecule has 100 valence electrons. The summed E-state index contributed by atoms with van der Waals surface area (Å²) in [7, 11) is 0. The van der Waals surface area contributed by atoms with Crippen molar-refractivity contribution >= 4 is 31.9 Å². The van der Waals surface area contributed by atoms with Gasteiger partial charge in [0, 0.05) is 9.30 Å². The second-order valence-electron chi connectivity index (χ2n) is 4.48. The lowest BCUT2D eigenvalue weighted by Gasteiger charge is -2.12. The van der Waals surface area contributed by atoms with Crippen LogP contribution in [0.2, 0.25) is 0 Å². The molecule has 2 aromatic carbocycles. The highest BCUT2D eigenvalue weighted by atomic mass is 79.9. The molecule has 1 unspecified atom stereocenters. The highest BCUT2D eigenvalue weighted by molar-refractivity contribution is 9.10. The zero-order chi connectivity index (χ0) is 14.0. The molecule has 1 atom stereocenters. The van der Waals surface area contributed by atoms with Crippen LogP contribution in [0.5, 0.6) is 0 Å². The molecule has 0 nitrogen and oxygen atoms in total. The Hall–Kier alpha value is -0.740. The van der Waals surface area contributed by atoms with Crippen LogP contribution in [0, 0.1) is 18.6 Å². The van der Waals surface area contributed by atoms with E-state index in [9.17, 15) is 8.78 Å². The van der Waals surface area contributed by atoms with Gasteiger partial charge in [-0.25, -0.2) is 8.78 Å². The Bertz CT molecular complexity index is 576. The predicted octanol–water partition coefficient (Wildman–Crippen LogP) is 5.71. The molecule has 2 rings (SSSR count). The highest BCUT2D eigenvalue weighted by Crippen LogP contribution is 2.30. The largest absolute Gasteiger partial charge is 0.204 e. The van der Waals surface area contributed by atoms with Crippen LogP contribution in [0.25, 0.3) is 0 Å². The maximum Gasteiger partial charge on any atom is 0.159 e. The van der Waals surface area contributed by atoms with Crippen LogP contribution in [0.3, 0.4) is 0 Å². The van der Waals surface area contributed by atoms with Crippen LogP contribution < -0.4 is 0 Å². The highest BCUT2D eigenvalue weighted by Gasteiger charge is 2.11. The molecule has 0 aliphatic rings. The van der Waals surface area contributed by atoms with E-state index < -0.39 is 11.6 Å². The van der Waals surface area contributed by atoms with Crippen molar-refractivity contribution in [1.82, 2.24) is 0 Å². The molecule has 19 heavy (non-hydrogen) atoms. The van der Waals surface area contributed by atoms with Crippen molar-refractivity contribution in [3.8, 4) is 0 Å². The molecule has 0 bridgehead atoms. The van der Waals surface area contributed by atoms with Crippen LogP contribution in [0.15, 0.2) is 40.9 Å². The number of benzene rings is 2. The van der Waals surface area contributed by atoms with Crippen molar-refractivity contribution in [2.45, 2.75) is 18.2 Å². The molecule has 2 aromatic rings. The third kappa shape index (κ3) is 3.86. The Kier molecular flexibility index (Phi) is 4.74. The van der Waals surface area contributed by atoms with Gasteiger partial charge in [0.25, 0.3) is 0 Å². The molecule has 0 amide bonds. The van der Waals surface area contributed by atoms with Crippen LogP contribution in [0.1, 0.15) is 21.5 Å². The summed E-state index contributed by atoms with van der Waals surface area (Å²) in [6, 6.07) is 10.1. The molecule has 0 aromatic heterocycles. The summed E-state index contributed by atoms with van der Waals surface area (Å²) in [6.45, 7) is 2.02. The first kappa shape index (κ1) is 14.7. The summed E-state index contributed by atoms with van der Waals surface area (Å²) in [4.78, 5) is 0.0635. The quantitative estimate of drug-likeness (QED) is 0.589. The van der Waals surface area contributed by atoms with Gasteiger partial charge in [0.2, 0.25) is 0 Å². The Morgan fingerprint density at radius 3 is 2.42 bits per heavy atom. The van der Waals surface area contributed by atoms with E-state index in [1.165, 1.54) is 6.07 Å². The van der Waals surface area contributed by atoms with Crippen LogP contribution in [-0.4, -0.2) is 0 Å². The molecule has 0 fully saturated rings. The maximum atomic E-state index is 13.2. The van der Waals surface area contributed by atoms with Gasteiger partial charge in [-0.1, -0.05) is 44.0 Å². The fourth-order valence-electron chi connectivity index (χ4n) is 1.94. The second-order valence-corrected chi connectivity index (χ2v) is 6.50. The summed E-state index contributed by atoms with van der Waals surface area (Å²) >= 11 is 7.05. The Morgan fingerprint density at radius 2 is 1.79 bits per heavy atom. The Labute approximate surface area is 128 Å². The van der Waals surface area contributed by atoms with Crippen molar-refractivity contribution in [2.75, 3.05) is 0 Å². The molecular weight excluding hydrogens is 378 g/mol. The number of hydrogen-bond acceptors (Lipinski definition) is 0. The predicted molar refractivity (Wildman–Crippen MR) is 80.6 cm³/mol. The molecule has 0 aliphatic carbocycles. The standard InChI is InChI=1S/C15H12Br2F2/c1-9-4-11(8-12(16)5-9)13(17)6-10-2-3-14(18)15(19)7-10/h2-5,7-8,13H,6H2,1H3. The lowest BCUT2D eigenvalue weighted by atomic mass is 10.0. The summed E-state index contributed by atoms with van der Waals surface area (Å²) in [5.74, 6) is -1.62. The summed E-state index contributed by atoms with van der Waals surface area (Å²) in [6.07, 6.45) is 0.604. The minimum absolute atomic E-state index is 0.0635. The average Bonchev–Trinajstić information content (AvgIpc) is 2.32. The first-order valence-electron chi connectivity index (χ1n) is 5.81. The van der Waals surface area contributed by atoms with Crippen LogP contribution in [-0.2, 0) is 6.42 Å². The van der Waals surface area contributed by atoms with Gasteiger partial charge in [-0.05, 0) is 54.3 Å². The summed E-state index contributed by atoms with van der Waals surface area (Å²) in [5, 5.41) is 0. The van der Waals surface area contributed by atoms with Crippen molar-refractivity contribution in [1.29, 1.82) is 0 Å². The molecule has 0 saturated carbocycles. The topological polar surface area (TPSA) is 0 Å². The molecule has 0 spiro atoms. The van der Waals surface area contributed by atoms with Gasteiger partial charge in [0.1, 0.15) is 0 Å². The summed E-state index contributed by atoms with van der Waals surface area (Å²) < 4.78 is 27.0. The lowest BCUT2D eigenvalue weighted by Crippen LogP contribution is -1.97. The number of aryl methyl sites for hydroxylation is 1. The smallest absolute Gasteiger partial charge is 0.159 e. The molecule has 0 saturated heterocycles. The first-order chi connectivity index (χ1) is 8.95. The van der Waals surface area contributed by atoms with E-state index in [0.29, 0.717) is 6.42 Å².